The number of benzene rings is 2. The number of Topliss-reactive ketones (excluding diaryl/α,β-unsaturated/α-hetero) is 1. The van der Waals surface area contributed by atoms with Crippen molar-refractivity contribution < 1.29 is 19.2 Å². The van der Waals surface area contributed by atoms with Crippen molar-refractivity contribution >= 4 is 11.8 Å². The predicted octanol–water partition coefficient (Wildman–Crippen LogP) is 3.04. The van der Waals surface area contributed by atoms with E-state index in [-0.39, 0.29) is 13.0 Å². The maximum absolute atomic E-state index is 13.3. The van der Waals surface area contributed by atoms with Gasteiger partial charge in [0.25, 0.3) is 0 Å². The first kappa shape index (κ1) is 17.8. The van der Waals surface area contributed by atoms with Crippen molar-refractivity contribution in [3.63, 3.8) is 0 Å². The topological polar surface area (TPSA) is 86.5 Å². The highest BCUT2D eigenvalue weighted by molar-refractivity contribution is 6.16. The van der Waals surface area contributed by atoms with Gasteiger partial charge in [-0.1, -0.05) is 54.6 Å². The minimum Gasteiger partial charge on any atom is -0.465 e. The highest BCUT2D eigenvalue weighted by Crippen LogP contribution is 2.48. The van der Waals surface area contributed by atoms with Gasteiger partial charge in [0.2, 0.25) is 6.54 Å². The van der Waals surface area contributed by atoms with Crippen molar-refractivity contribution in [3.8, 4) is 0 Å². The molecule has 2 aromatic carbocycles. The Kier molecular flexibility index (Phi) is 4.84. The molecule has 0 bridgehead atoms. The molecule has 0 saturated carbocycles. The second-order valence-corrected chi connectivity index (χ2v) is 6.33. The summed E-state index contributed by atoms with van der Waals surface area (Å²) in [6.45, 7) is 1.23. The minimum absolute atomic E-state index is 0.101. The SMILES string of the molecule is CCOC(=O)[C@@]1([C@@H](C[N+](=O)[O-])c2ccccc2)Cc2ccccc2C1=O. The second-order valence-electron chi connectivity index (χ2n) is 6.33. The standard InChI is InChI=1S/C20H19NO5/c1-2-26-19(23)20(12-15-10-6-7-11-16(15)18(20)22)17(13-21(24)25)14-8-4-3-5-9-14/h3-11,17H,2,12-13H2,1H3/t17-,20+/m0/s1. The van der Waals surface area contributed by atoms with Crippen LogP contribution in [0.15, 0.2) is 54.6 Å². The molecule has 134 valence electrons. The predicted molar refractivity (Wildman–Crippen MR) is 94.6 cm³/mol. The maximum atomic E-state index is 13.3. The molecule has 0 amide bonds. The van der Waals surface area contributed by atoms with Crippen LogP contribution in [0.25, 0.3) is 0 Å². The average Bonchev–Trinajstić information content (AvgIpc) is 2.94. The fourth-order valence-corrected chi connectivity index (χ4v) is 3.75. The summed E-state index contributed by atoms with van der Waals surface area (Å²) in [4.78, 5) is 37.2. The lowest BCUT2D eigenvalue weighted by atomic mass is 9.69. The third-order valence-electron chi connectivity index (χ3n) is 4.90. The van der Waals surface area contributed by atoms with Gasteiger partial charge in [-0.2, -0.15) is 0 Å². The number of fused-ring (bicyclic) bond motifs is 1. The fraction of sp³-hybridized carbons (Fsp3) is 0.300. The van der Waals surface area contributed by atoms with Gasteiger partial charge in [-0.25, -0.2) is 0 Å². The van der Waals surface area contributed by atoms with Crippen LogP contribution in [-0.2, 0) is 16.0 Å². The zero-order valence-electron chi connectivity index (χ0n) is 14.4. The van der Waals surface area contributed by atoms with Crippen LogP contribution in [0.3, 0.4) is 0 Å². The zero-order valence-corrected chi connectivity index (χ0v) is 14.4. The van der Waals surface area contributed by atoms with Crippen LogP contribution >= 0.6 is 0 Å². The van der Waals surface area contributed by atoms with Crippen molar-refractivity contribution in [2.75, 3.05) is 13.2 Å². The van der Waals surface area contributed by atoms with Crippen LogP contribution in [0, 0.1) is 15.5 Å². The fourth-order valence-electron chi connectivity index (χ4n) is 3.75. The van der Waals surface area contributed by atoms with Crippen LogP contribution in [0.1, 0.15) is 34.3 Å². The van der Waals surface area contributed by atoms with Crippen LogP contribution in [-0.4, -0.2) is 29.8 Å². The van der Waals surface area contributed by atoms with Gasteiger partial charge in [-0.15, -0.1) is 0 Å². The monoisotopic (exact) mass is 353 g/mol. The first-order valence-electron chi connectivity index (χ1n) is 8.47. The quantitative estimate of drug-likeness (QED) is 0.345. The number of nitrogens with zero attached hydrogens (tertiary/aromatic N) is 1. The Morgan fingerprint density at radius 2 is 1.85 bits per heavy atom. The molecule has 3 rings (SSSR count). The normalized spacial score (nSPS) is 19.7. The van der Waals surface area contributed by atoms with E-state index >= 15 is 0 Å². The molecule has 0 aromatic heterocycles. The largest absolute Gasteiger partial charge is 0.465 e. The maximum Gasteiger partial charge on any atom is 0.321 e. The number of nitro groups is 1. The Morgan fingerprint density at radius 1 is 1.19 bits per heavy atom. The van der Waals surface area contributed by atoms with E-state index in [1.54, 1.807) is 61.5 Å². The lowest BCUT2D eigenvalue weighted by Gasteiger charge is -2.31. The summed E-state index contributed by atoms with van der Waals surface area (Å²) in [7, 11) is 0. The van der Waals surface area contributed by atoms with E-state index in [9.17, 15) is 19.7 Å². The lowest BCUT2D eigenvalue weighted by Crippen LogP contribution is -2.46. The zero-order chi connectivity index (χ0) is 18.7. The summed E-state index contributed by atoms with van der Waals surface area (Å²) in [5.74, 6) is -2.00. The van der Waals surface area contributed by atoms with Gasteiger partial charge in [0.15, 0.2) is 5.78 Å². The molecule has 0 N–H and O–H groups in total. The van der Waals surface area contributed by atoms with E-state index in [0.717, 1.165) is 5.56 Å². The Labute approximate surface area is 150 Å². The molecule has 0 saturated heterocycles. The van der Waals surface area contributed by atoms with Gasteiger partial charge in [0.1, 0.15) is 5.41 Å². The molecule has 6 nitrogen and oxygen atoms in total. The van der Waals surface area contributed by atoms with Crippen LogP contribution in [0.2, 0.25) is 0 Å². The van der Waals surface area contributed by atoms with E-state index in [0.29, 0.717) is 11.1 Å². The van der Waals surface area contributed by atoms with E-state index in [1.807, 2.05) is 0 Å². The van der Waals surface area contributed by atoms with Crippen molar-refractivity contribution in [1.29, 1.82) is 0 Å². The van der Waals surface area contributed by atoms with Gasteiger partial charge in [0, 0.05) is 10.5 Å². The molecule has 0 unspecified atom stereocenters. The molecule has 2 atom stereocenters. The minimum atomic E-state index is -1.62. The first-order valence-corrected chi connectivity index (χ1v) is 8.47. The molecule has 26 heavy (non-hydrogen) atoms. The Bertz CT molecular complexity index is 848. The van der Waals surface area contributed by atoms with Crippen LogP contribution in [0.4, 0.5) is 0 Å². The molecule has 0 heterocycles. The Hall–Kier alpha value is -3.02. The van der Waals surface area contributed by atoms with E-state index in [2.05, 4.69) is 0 Å². The Balaban J connectivity index is 2.18. The molecular weight excluding hydrogens is 334 g/mol. The number of rotatable bonds is 6. The third-order valence-corrected chi connectivity index (χ3v) is 4.90. The molecule has 1 aliphatic carbocycles. The lowest BCUT2D eigenvalue weighted by molar-refractivity contribution is -0.485. The number of carbonyl (C=O) groups excluding carboxylic acids is 2. The van der Waals surface area contributed by atoms with Gasteiger partial charge in [-0.05, 0) is 24.5 Å². The molecule has 1 aliphatic rings. The van der Waals surface area contributed by atoms with E-state index < -0.39 is 34.6 Å². The third kappa shape index (κ3) is 2.87. The smallest absolute Gasteiger partial charge is 0.321 e. The summed E-state index contributed by atoms with van der Waals surface area (Å²) in [6, 6.07) is 15.7. The van der Waals surface area contributed by atoms with Crippen molar-refractivity contribution in [2.24, 2.45) is 5.41 Å². The van der Waals surface area contributed by atoms with Gasteiger partial charge in [0.05, 0.1) is 12.5 Å². The van der Waals surface area contributed by atoms with E-state index in [1.165, 1.54) is 0 Å². The number of ether oxygens (including phenoxy) is 1. The number of ketones is 1. The molecule has 2 aromatic rings. The molecule has 6 heteroatoms. The highest BCUT2D eigenvalue weighted by atomic mass is 16.6. The average molecular weight is 353 g/mol. The van der Waals surface area contributed by atoms with Crippen LogP contribution in [0.5, 0.6) is 0 Å². The Morgan fingerprint density at radius 3 is 2.46 bits per heavy atom. The van der Waals surface area contributed by atoms with Gasteiger partial charge >= 0.3 is 5.97 Å². The van der Waals surface area contributed by atoms with E-state index in [4.69, 9.17) is 4.74 Å². The number of hydrogen-bond acceptors (Lipinski definition) is 5. The molecular formula is C20H19NO5. The number of esters is 1. The molecule has 0 fully saturated rings. The van der Waals surface area contributed by atoms with Crippen LogP contribution < -0.4 is 0 Å². The van der Waals surface area contributed by atoms with Crippen molar-refractivity contribution in [3.05, 3.63) is 81.4 Å². The summed E-state index contributed by atoms with van der Waals surface area (Å²) in [5.41, 5.74) is 0.117. The summed E-state index contributed by atoms with van der Waals surface area (Å²) in [6.07, 6.45) is 0.105. The molecule has 0 spiro atoms. The summed E-state index contributed by atoms with van der Waals surface area (Å²) < 4.78 is 5.23. The first-order chi connectivity index (χ1) is 12.5. The number of hydrogen-bond donors (Lipinski definition) is 0. The summed E-state index contributed by atoms with van der Waals surface area (Å²) in [5, 5.41) is 11.4. The highest BCUT2D eigenvalue weighted by Gasteiger charge is 2.59. The second kappa shape index (κ2) is 7.07. The summed E-state index contributed by atoms with van der Waals surface area (Å²) >= 11 is 0. The number of carbonyl (C=O) groups is 2. The van der Waals surface area contributed by atoms with Gasteiger partial charge in [-0.3, -0.25) is 19.7 Å². The van der Waals surface area contributed by atoms with Gasteiger partial charge < -0.3 is 4.74 Å². The van der Waals surface area contributed by atoms with Crippen molar-refractivity contribution in [1.82, 2.24) is 0 Å². The molecule has 0 aliphatic heterocycles. The molecule has 0 radical (unpaired) electrons. The van der Waals surface area contributed by atoms with Crippen molar-refractivity contribution in [2.45, 2.75) is 19.3 Å².